The van der Waals surface area contributed by atoms with Crippen LogP contribution in [0.2, 0.25) is 0 Å². The first-order valence-electron chi connectivity index (χ1n) is 8.58. The second kappa shape index (κ2) is 7.79. The van der Waals surface area contributed by atoms with E-state index < -0.39 is 0 Å². The molecule has 0 amide bonds. The number of rotatable bonds is 7. The number of nitrogens with one attached hydrogen (secondary N) is 1. The Labute approximate surface area is 147 Å². The van der Waals surface area contributed by atoms with Crippen LogP contribution in [0.5, 0.6) is 0 Å². The number of aryl methyl sites for hydroxylation is 1. The van der Waals surface area contributed by atoms with Gasteiger partial charge in [-0.15, -0.1) is 0 Å². The predicted molar refractivity (Wildman–Crippen MR) is 95.8 cm³/mol. The fourth-order valence-corrected chi connectivity index (χ4v) is 3.20. The number of hydrogen-bond donors (Lipinski definition) is 2. The zero-order chi connectivity index (χ0) is 17.8. The first-order valence-corrected chi connectivity index (χ1v) is 8.58. The summed E-state index contributed by atoms with van der Waals surface area (Å²) in [6.07, 6.45) is 4.50. The lowest BCUT2D eigenvalue weighted by molar-refractivity contribution is 0.191. The van der Waals surface area contributed by atoms with Crippen LogP contribution in [0.3, 0.4) is 0 Å². The SMILES string of the molecule is Cc1ncc(CCNc2cc(N3C[C@H](O)C[C@@H]3CN(C)C)ncn2)o1. The van der Waals surface area contributed by atoms with Crippen molar-refractivity contribution in [3.05, 3.63) is 30.2 Å². The Morgan fingerprint density at radius 3 is 2.92 bits per heavy atom. The minimum atomic E-state index is -0.314. The van der Waals surface area contributed by atoms with Crippen LogP contribution < -0.4 is 10.2 Å². The Morgan fingerprint density at radius 2 is 2.20 bits per heavy atom. The Bertz CT molecular complexity index is 689. The number of oxazole rings is 1. The van der Waals surface area contributed by atoms with E-state index in [4.69, 9.17) is 4.42 Å². The highest BCUT2D eigenvalue weighted by molar-refractivity contribution is 5.50. The van der Waals surface area contributed by atoms with Gasteiger partial charge in [-0.05, 0) is 20.5 Å². The molecule has 0 bridgehead atoms. The Kier molecular flexibility index (Phi) is 5.50. The molecule has 8 nitrogen and oxygen atoms in total. The lowest BCUT2D eigenvalue weighted by Crippen LogP contribution is -2.38. The summed E-state index contributed by atoms with van der Waals surface area (Å²) in [6.45, 7) is 4.03. The van der Waals surface area contributed by atoms with Gasteiger partial charge < -0.3 is 24.6 Å². The minimum absolute atomic E-state index is 0.255. The van der Waals surface area contributed by atoms with Gasteiger partial charge in [-0.25, -0.2) is 15.0 Å². The van der Waals surface area contributed by atoms with Crippen LogP contribution in [0.1, 0.15) is 18.1 Å². The van der Waals surface area contributed by atoms with Crippen LogP contribution in [0.15, 0.2) is 23.0 Å². The molecule has 0 radical (unpaired) electrons. The maximum atomic E-state index is 10.0. The lowest BCUT2D eigenvalue weighted by atomic mass is 10.2. The molecule has 0 saturated carbocycles. The van der Waals surface area contributed by atoms with Crippen LogP contribution in [0.4, 0.5) is 11.6 Å². The Hall–Kier alpha value is -2.19. The molecule has 2 aromatic rings. The average molecular weight is 346 g/mol. The Balaban J connectivity index is 1.62. The predicted octanol–water partition coefficient (Wildman–Crippen LogP) is 0.929. The van der Waals surface area contributed by atoms with Crippen LogP contribution in [-0.2, 0) is 6.42 Å². The molecule has 136 valence electrons. The van der Waals surface area contributed by atoms with E-state index in [9.17, 15) is 5.11 Å². The van der Waals surface area contributed by atoms with E-state index >= 15 is 0 Å². The molecule has 1 aliphatic heterocycles. The third kappa shape index (κ3) is 4.67. The number of hydrogen-bond acceptors (Lipinski definition) is 8. The molecule has 3 rings (SSSR count). The largest absolute Gasteiger partial charge is 0.446 e. The Morgan fingerprint density at radius 1 is 1.36 bits per heavy atom. The molecule has 2 N–H and O–H groups in total. The highest BCUT2D eigenvalue weighted by atomic mass is 16.4. The van der Waals surface area contributed by atoms with Crippen molar-refractivity contribution >= 4 is 11.6 Å². The van der Waals surface area contributed by atoms with Crippen molar-refractivity contribution in [1.82, 2.24) is 19.9 Å². The quantitative estimate of drug-likeness (QED) is 0.765. The van der Waals surface area contributed by atoms with Gasteiger partial charge in [-0.2, -0.15) is 0 Å². The van der Waals surface area contributed by atoms with Crippen molar-refractivity contribution < 1.29 is 9.52 Å². The second-order valence-electron chi connectivity index (χ2n) is 6.74. The van der Waals surface area contributed by atoms with Crippen LogP contribution in [0.25, 0.3) is 0 Å². The van der Waals surface area contributed by atoms with Crippen molar-refractivity contribution in [3.8, 4) is 0 Å². The molecule has 8 heteroatoms. The molecule has 25 heavy (non-hydrogen) atoms. The van der Waals surface area contributed by atoms with E-state index in [-0.39, 0.29) is 12.1 Å². The summed E-state index contributed by atoms with van der Waals surface area (Å²) in [6, 6.07) is 2.19. The molecule has 2 atom stereocenters. The van der Waals surface area contributed by atoms with Gasteiger partial charge in [0.25, 0.3) is 0 Å². The average Bonchev–Trinajstić information content (AvgIpc) is 3.13. The smallest absolute Gasteiger partial charge is 0.191 e. The molecule has 1 aliphatic rings. The molecular weight excluding hydrogens is 320 g/mol. The topological polar surface area (TPSA) is 90.6 Å². The van der Waals surface area contributed by atoms with Crippen molar-refractivity contribution in [2.45, 2.75) is 31.9 Å². The normalized spacial score (nSPS) is 20.4. The molecule has 1 saturated heterocycles. The summed E-state index contributed by atoms with van der Waals surface area (Å²) in [4.78, 5) is 17.1. The third-order valence-corrected chi connectivity index (χ3v) is 4.26. The first kappa shape index (κ1) is 17.6. The van der Waals surface area contributed by atoms with Crippen LogP contribution in [0, 0.1) is 6.92 Å². The number of aliphatic hydroxyl groups is 1. The molecule has 3 heterocycles. The highest BCUT2D eigenvalue weighted by Crippen LogP contribution is 2.25. The molecule has 0 unspecified atom stereocenters. The fourth-order valence-electron chi connectivity index (χ4n) is 3.20. The molecule has 2 aromatic heterocycles. The maximum Gasteiger partial charge on any atom is 0.191 e. The standard InChI is InChI=1S/C17H26N6O2/c1-12-19-8-15(25-12)4-5-18-16-7-17(21-11-20-16)23-10-14(24)6-13(23)9-22(2)3/h7-8,11,13-14,24H,4-6,9-10H2,1-3H3,(H,18,20,21)/t13-,14-/m1/s1. The molecule has 1 fully saturated rings. The van der Waals surface area contributed by atoms with E-state index in [0.29, 0.717) is 19.0 Å². The van der Waals surface area contributed by atoms with Gasteiger partial charge in [0, 0.05) is 45.1 Å². The summed E-state index contributed by atoms with van der Waals surface area (Å²) in [5.74, 6) is 3.15. The van der Waals surface area contributed by atoms with Crippen molar-refractivity contribution in [3.63, 3.8) is 0 Å². The number of β-amino-alcohol motifs (C(OH)–C–C–N with tert-alkyl or cyclic N) is 1. The summed E-state index contributed by atoms with van der Waals surface area (Å²) >= 11 is 0. The van der Waals surface area contributed by atoms with Crippen molar-refractivity contribution in [2.75, 3.05) is 43.9 Å². The minimum Gasteiger partial charge on any atom is -0.446 e. The number of nitrogens with zero attached hydrogens (tertiary/aromatic N) is 5. The highest BCUT2D eigenvalue weighted by Gasteiger charge is 2.32. The van der Waals surface area contributed by atoms with E-state index in [1.807, 2.05) is 27.1 Å². The first-order chi connectivity index (χ1) is 12.0. The maximum absolute atomic E-state index is 10.0. The lowest BCUT2D eigenvalue weighted by Gasteiger charge is -2.27. The third-order valence-electron chi connectivity index (χ3n) is 4.26. The monoisotopic (exact) mass is 346 g/mol. The van der Waals surface area contributed by atoms with Gasteiger partial charge in [0.1, 0.15) is 23.7 Å². The van der Waals surface area contributed by atoms with Crippen molar-refractivity contribution in [2.24, 2.45) is 0 Å². The second-order valence-corrected chi connectivity index (χ2v) is 6.74. The van der Waals surface area contributed by atoms with Gasteiger partial charge in [0.2, 0.25) is 0 Å². The van der Waals surface area contributed by atoms with Crippen LogP contribution in [-0.4, -0.2) is 70.8 Å². The zero-order valence-electron chi connectivity index (χ0n) is 15.0. The van der Waals surface area contributed by atoms with Gasteiger partial charge in [0.05, 0.1) is 12.3 Å². The fraction of sp³-hybridized carbons (Fsp3) is 0.588. The molecule has 0 spiro atoms. The zero-order valence-corrected chi connectivity index (χ0v) is 15.0. The van der Waals surface area contributed by atoms with E-state index in [1.165, 1.54) is 0 Å². The van der Waals surface area contributed by atoms with E-state index in [0.717, 1.165) is 36.8 Å². The molecular formula is C17H26N6O2. The molecule has 0 aliphatic carbocycles. The van der Waals surface area contributed by atoms with Gasteiger partial charge >= 0.3 is 0 Å². The van der Waals surface area contributed by atoms with Gasteiger partial charge in [-0.3, -0.25) is 0 Å². The summed E-state index contributed by atoms with van der Waals surface area (Å²) in [5, 5.41) is 13.3. The molecule has 0 aromatic carbocycles. The van der Waals surface area contributed by atoms with Crippen molar-refractivity contribution in [1.29, 1.82) is 0 Å². The number of aromatic nitrogens is 3. The number of anilines is 2. The number of aliphatic hydroxyl groups excluding tert-OH is 1. The van der Waals surface area contributed by atoms with E-state index in [1.54, 1.807) is 12.5 Å². The van der Waals surface area contributed by atoms with Gasteiger partial charge in [-0.1, -0.05) is 0 Å². The summed E-state index contributed by atoms with van der Waals surface area (Å²) in [7, 11) is 4.09. The number of likely N-dealkylation sites (N-methyl/N-ethyl adjacent to an activating group) is 1. The summed E-state index contributed by atoms with van der Waals surface area (Å²) < 4.78 is 5.46. The van der Waals surface area contributed by atoms with Crippen LogP contribution >= 0.6 is 0 Å². The summed E-state index contributed by atoms with van der Waals surface area (Å²) in [5.41, 5.74) is 0. The van der Waals surface area contributed by atoms with Gasteiger partial charge in [0.15, 0.2) is 5.89 Å². The van der Waals surface area contributed by atoms with E-state index in [2.05, 4.69) is 30.1 Å².